The summed E-state index contributed by atoms with van der Waals surface area (Å²) in [5.74, 6) is 4.03. The van der Waals surface area contributed by atoms with Gasteiger partial charge in [-0.1, -0.05) is 13.8 Å². The summed E-state index contributed by atoms with van der Waals surface area (Å²) >= 11 is 0. The molecule has 1 aliphatic rings. The first-order valence-electron chi connectivity index (χ1n) is 8.80. The van der Waals surface area contributed by atoms with Gasteiger partial charge >= 0.3 is 0 Å². The molecule has 3 rings (SSSR count). The van der Waals surface area contributed by atoms with E-state index in [1.807, 2.05) is 38.2 Å². The number of aromatic nitrogens is 4. The lowest BCUT2D eigenvalue weighted by Crippen LogP contribution is -2.47. The maximum atomic E-state index is 4.71. The van der Waals surface area contributed by atoms with Crippen LogP contribution in [-0.4, -0.2) is 60.2 Å². The average Bonchev–Trinajstić information content (AvgIpc) is 2.61. The van der Waals surface area contributed by atoms with Gasteiger partial charge < -0.3 is 14.7 Å². The summed E-state index contributed by atoms with van der Waals surface area (Å²) in [5.41, 5.74) is 0.994. The summed E-state index contributed by atoms with van der Waals surface area (Å²) in [7, 11) is 3.94. The van der Waals surface area contributed by atoms with Gasteiger partial charge in [0.25, 0.3) is 0 Å². The Labute approximate surface area is 149 Å². The third-order valence-corrected chi connectivity index (χ3v) is 4.33. The summed E-state index contributed by atoms with van der Waals surface area (Å²) in [4.78, 5) is 24.8. The molecule has 2 aromatic rings. The second kappa shape index (κ2) is 7.21. The molecule has 0 radical (unpaired) electrons. The highest BCUT2D eigenvalue weighted by atomic mass is 15.3. The van der Waals surface area contributed by atoms with Crippen LogP contribution in [0.15, 0.2) is 18.3 Å². The molecule has 25 heavy (non-hydrogen) atoms. The standard InChI is InChI=1S/C18H27N7/c1-13(2)17-19-7-6-15(21-17)24-8-10-25(11-9-24)16-12-14(3)20-18(22-16)23(4)5/h6-7,12-13H,8-11H2,1-5H3. The summed E-state index contributed by atoms with van der Waals surface area (Å²) < 4.78 is 0. The molecular formula is C18H27N7. The van der Waals surface area contributed by atoms with E-state index in [2.05, 4.69) is 44.7 Å². The quantitative estimate of drug-likeness (QED) is 0.844. The third-order valence-electron chi connectivity index (χ3n) is 4.33. The van der Waals surface area contributed by atoms with Crippen molar-refractivity contribution in [2.75, 3.05) is 55.0 Å². The molecule has 7 nitrogen and oxygen atoms in total. The fraction of sp³-hybridized carbons (Fsp3) is 0.556. The van der Waals surface area contributed by atoms with Gasteiger partial charge in [0.2, 0.25) is 5.95 Å². The first-order valence-corrected chi connectivity index (χ1v) is 8.80. The van der Waals surface area contributed by atoms with Crippen LogP contribution in [0.4, 0.5) is 17.6 Å². The topological polar surface area (TPSA) is 61.3 Å². The second-order valence-electron chi connectivity index (χ2n) is 6.96. The van der Waals surface area contributed by atoms with Gasteiger partial charge in [0.1, 0.15) is 17.5 Å². The van der Waals surface area contributed by atoms with Gasteiger partial charge in [-0.3, -0.25) is 0 Å². The Kier molecular flexibility index (Phi) is 5.01. The molecule has 0 unspecified atom stereocenters. The van der Waals surface area contributed by atoms with E-state index in [0.717, 1.165) is 55.3 Å². The van der Waals surface area contributed by atoms with Crippen LogP contribution in [0.5, 0.6) is 0 Å². The van der Waals surface area contributed by atoms with Crippen LogP contribution in [0, 0.1) is 6.92 Å². The van der Waals surface area contributed by atoms with Crippen molar-refractivity contribution in [2.24, 2.45) is 0 Å². The molecule has 0 N–H and O–H groups in total. The Morgan fingerprint density at radius 3 is 2.20 bits per heavy atom. The predicted octanol–water partition coefficient (Wildman–Crippen LogP) is 2.09. The van der Waals surface area contributed by atoms with Crippen LogP contribution >= 0.6 is 0 Å². The lowest BCUT2D eigenvalue weighted by molar-refractivity contribution is 0.635. The molecule has 0 spiro atoms. The summed E-state index contributed by atoms with van der Waals surface area (Å²) in [5, 5.41) is 0. The molecule has 0 atom stereocenters. The van der Waals surface area contributed by atoms with E-state index < -0.39 is 0 Å². The van der Waals surface area contributed by atoms with Crippen LogP contribution in [0.3, 0.4) is 0 Å². The number of piperazine rings is 1. The summed E-state index contributed by atoms with van der Waals surface area (Å²) in [6, 6.07) is 4.06. The van der Waals surface area contributed by atoms with Crippen LogP contribution < -0.4 is 14.7 Å². The van der Waals surface area contributed by atoms with Crippen LogP contribution in [0.2, 0.25) is 0 Å². The number of hydrogen-bond acceptors (Lipinski definition) is 7. The molecule has 3 heterocycles. The summed E-state index contributed by atoms with van der Waals surface area (Å²) in [6.07, 6.45) is 1.86. The van der Waals surface area contributed by atoms with E-state index in [-0.39, 0.29) is 0 Å². The maximum absolute atomic E-state index is 4.71. The van der Waals surface area contributed by atoms with Gasteiger partial charge in [0.05, 0.1) is 0 Å². The molecule has 0 aromatic carbocycles. The van der Waals surface area contributed by atoms with E-state index in [0.29, 0.717) is 5.92 Å². The highest BCUT2D eigenvalue weighted by Gasteiger charge is 2.20. The smallest absolute Gasteiger partial charge is 0.226 e. The Morgan fingerprint density at radius 2 is 1.60 bits per heavy atom. The zero-order valence-electron chi connectivity index (χ0n) is 15.8. The predicted molar refractivity (Wildman–Crippen MR) is 102 cm³/mol. The largest absolute Gasteiger partial charge is 0.353 e. The number of hydrogen-bond donors (Lipinski definition) is 0. The zero-order chi connectivity index (χ0) is 18.0. The van der Waals surface area contributed by atoms with Gasteiger partial charge in [-0.15, -0.1) is 0 Å². The van der Waals surface area contributed by atoms with Crippen molar-refractivity contribution in [3.05, 3.63) is 29.8 Å². The van der Waals surface area contributed by atoms with Gasteiger partial charge in [-0.05, 0) is 13.0 Å². The number of aryl methyl sites for hydroxylation is 1. The Bertz CT molecular complexity index is 721. The highest BCUT2D eigenvalue weighted by Crippen LogP contribution is 2.21. The number of rotatable bonds is 4. The van der Waals surface area contributed by atoms with E-state index in [9.17, 15) is 0 Å². The first kappa shape index (κ1) is 17.4. The molecule has 0 amide bonds. The van der Waals surface area contributed by atoms with Crippen molar-refractivity contribution >= 4 is 17.6 Å². The Balaban J connectivity index is 1.71. The average molecular weight is 341 g/mol. The molecule has 0 saturated carbocycles. The van der Waals surface area contributed by atoms with Gasteiger partial charge in [0, 0.05) is 64.1 Å². The van der Waals surface area contributed by atoms with Crippen molar-refractivity contribution in [3.8, 4) is 0 Å². The summed E-state index contributed by atoms with van der Waals surface area (Å²) in [6.45, 7) is 9.95. The molecule has 0 aliphatic carbocycles. The van der Waals surface area contributed by atoms with Gasteiger partial charge in [0.15, 0.2) is 0 Å². The molecule has 2 aromatic heterocycles. The third kappa shape index (κ3) is 3.97. The van der Waals surface area contributed by atoms with Crippen molar-refractivity contribution in [1.29, 1.82) is 0 Å². The maximum Gasteiger partial charge on any atom is 0.226 e. The molecule has 1 fully saturated rings. The van der Waals surface area contributed by atoms with Crippen LogP contribution in [0.25, 0.3) is 0 Å². The van der Waals surface area contributed by atoms with Crippen LogP contribution in [0.1, 0.15) is 31.3 Å². The van der Waals surface area contributed by atoms with Crippen molar-refractivity contribution in [1.82, 2.24) is 19.9 Å². The van der Waals surface area contributed by atoms with E-state index in [1.54, 1.807) is 0 Å². The second-order valence-corrected chi connectivity index (χ2v) is 6.96. The minimum absolute atomic E-state index is 0.342. The lowest BCUT2D eigenvalue weighted by Gasteiger charge is -2.36. The minimum Gasteiger partial charge on any atom is -0.353 e. The van der Waals surface area contributed by atoms with E-state index >= 15 is 0 Å². The minimum atomic E-state index is 0.342. The SMILES string of the molecule is Cc1cc(N2CCN(c3ccnc(C(C)C)n3)CC2)nc(N(C)C)n1. The molecular weight excluding hydrogens is 314 g/mol. The fourth-order valence-electron chi connectivity index (χ4n) is 2.88. The van der Waals surface area contributed by atoms with Gasteiger partial charge in [-0.25, -0.2) is 15.0 Å². The lowest BCUT2D eigenvalue weighted by atomic mass is 10.2. The normalized spacial score (nSPS) is 15.0. The van der Waals surface area contributed by atoms with E-state index in [1.165, 1.54) is 0 Å². The molecule has 7 heteroatoms. The number of nitrogens with zero attached hydrogens (tertiary/aromatic N) is 7. The first-order chi connectivity index (χ1) is 11.9. The van der Waals surface area contributed by atoms with Crippen molar-refractivity contribution in [2.45, 2.75) is 26.7 Å². The highest BCUT2D eigenvalue weighted by molar-refractivity contribution is 5.48. The monoisotopic (exact) mass is 341 g/mol. The molecule has 1 aliphatic heterocycles. The number of anilines is 3. The van der Waals surface area contributed by atoms with Crippen LogP contribution in [-0.2, 0) is 0 Å². The molecule has 0 bridgehead atoms. The Morgan fingerprint density at radius 1 is 0.960 bits per heavy atom. The van der Waals surface area contributed by atoms with Gasteiger partial charge in [-0.2, -0.15) is 4.98 Å². The van der Waals surface area contributed by atoms with Crippen molar-refractivity contribution in [3.63, 3.8) is 0 Å². The van der Waals surface area contributed by atoms with Crippen molar-refractivity contribution < 1.29 is 0 Å². The Hall–Kier alpha value is -2.44. The van der Waals surface area contributed by atoms with E-state index in [4.69, 9.17) is 4.98 Å². The fourth-order valence-corrected chi connectivity index (χ4v) is 2.88. The zero-order valence-corrected chi connectivity index (χ0v) is 15.8. The molecule has 1 saturated heterocycles. The molecule has 134 valence electrons.